The zero-order valence-electron chi connectivity index (χ0n) is 14.7. The topological polar surface area (TPSA) is 63.1 Å². The lowest BCUT2D eigenvalue weighted by atomic mass is 10.00. The van der Waals surface area contributed by atoms with E-state index in [1.807, 2.05) is 39.9 Å². The molecule has 1 saturated heterocycles. The molecule has 6 heteroatoms. The van der Waals surface area contributed by atoms with Crippen LogP contribution in [0.4, 0.5) is 5.69 Å². The van der Waals surface area contributed by atoms with Gasteiger partial charge in [-0.3, -0.25) is 10.1 Å². The minimum absolute atomic E-state index is 0.117. The number of hydrogen-bond acceptors (Lipinski definition) is 4. The number of nitrogens with one attached hydrogen (secondary N) is 1. The highest BCUT2D eigenvalue weighted by Crippen LogP contribution is 2.27. The number of para-hydroxylation sites is 1. The van der Waals surface area contributed by atoms with Gasteiger partial charge in [-0.15, -0.1) is 0 Å². The van der Waals surface area contributed by atoms with E-state index in [9.17, 15) is 4.79 Å². The van der Waals surface area contributed by atoms with E-state index in [0.29, 0.717) is 0 Å². The van der Waals surface area contributed by atoms with E-state index in [2.05, 4.69) is 22.3 Å². The van der Waals surface area contributed by atoms with Gasteiger partial charge in [-0.25, -0.2) is 9.67 Å². The molecule has 0 bridgehead atoms. The second-order valence-electron chi connectivity index (χ2n) is 6.84. The molecule has 0 aliphatic carbocycles. The van der Waals surface area contributed by atoms with Crippen LogP contribution in [-0.4, -0.2) is 33.3 Å². The lowest BCUT2D eigenvalue weighted by molar-refractivity contribution is -0.122. The van der Waals surface area contributed by atoms with Crippen LogP contribution in [0.15, 0.2) is 30.3 Å². The molecule has 2 unspecified atom stereocenters. The highest BCUT2D eigenvalue weighted by molar-refractivity contribution is 5.97. The summed E-state index contributed by atoms with van der Waals surface area (Å²) in [6.07, 6.45) is 4.82. The fourth-order valence-corrected chi connectivity index (χ4v) is 3.84. The van der Waals surface area contributed by atoms with Crippen molar-refractivity contribution in [3.8, 4) is 0 Å². The van der Waals surface area contributed by atoms with Crippen molar-refractivity contribution in [2.24, 2.45) is 0 Å². The quantitative estimate of drug-likeness (QED) is 0.929. The summed E-state index contributed by atoms with van der Waals surface area (Å²) in [6, 6.07) is 9.92. The number of hydrogen-bond donors (Lipinski definition) is 1. The molecule has 132 valence electrons. The first-order valence-electron chi connectivity index (χ1n) is 9.32. The minimum atomic E-state index is -0.146. The van der Waals surface area contributed by atoms with E-state index >= 15 is 0 Å². The van der Waals surface area contributed by atoms with Crippen molar-refractivity contribution in [2.75, 3.05) is 11.4 Å². The van der Waals surface area contributed by atoms with Crippen LogP contribution in [0.1, 0.15) is 50.3 Å². The van der Waals surface area contributed by atoms with Crippen LogP contribution in [-0.2, 0) is 17.8 Å². The molecule has 2 aromatic rings. The third kappa shape index (κ3) is 3.18. The molecular weight excluding hydrogens is 314 g/mol. The molecule has 0 saturated carbocycles. The van der Waals surface area contributed by atoms with Gasteiger partial charge < -0.3 is 4.90 Å². The van der Waals surface area contributed by atoms with Crippen LogP contribution >= 0.6 is 0 Å². The molecular formula is C19H25N5O. The van der Waals surface area contributed by atoms with Gasteiger partial charge in [0.25, 0.3) is 0 Å². The Labute approximate surface area is 148 Å². The Bertz CT molecular complexity index is 742. The van der Waals surface area contributed by atoms with E-state index in [-0.39, 0.29) is 18.0 Å². The molecule has 2 atom stereocenters. The number of rotatable bonds is 4. The van der Waals surface area contributed by atoms with Gasteiger partial charge >= 0.3 is 0 Å². The van der Waals surface area contributed by atoms with Crippen LogP contribution < -0.4 is 10.2 Å². The molecule has 1 fully saturated rings. The smallest absolute Gasteiger partial charge is 0.244 e. The Kier molecular flexibility index (Phi) is 4.53. The van der Waals surface area contributed by atoms with Gasteiger partial charge in [-0.1, -0.05) is 25.1 Å². The van der Waals surface area contributed by atoms with E-state index in [4.69, 9.17) is 0 Å². The first-order chi connectivity index (χ1) is 12.3. The number of aryl methyl sites for hydroxylation is 2. The van der Waals surface area contributed by atoms with Crippen molar-refractivity contribution in [1.82, 2.24) is 20.1 Å². The Morgan fingerprint density at radius 3 is 2.68 bits per heavy atom. The van der Waals surface area contributed by atoms with Crippen LogP contribution in [0.25, 0.3) is 0 Å². The fraction of sp³-hybridized carbons (Fsp3) is 0.526. The third-order valence-corrected chi connectivity index (χ3v) is 5.14. The first-order valence-corrected chi connectivity index (χ1v) is 9.32. The second kappa shape index (κ2) is 6.96. The maximum Gasteiger partial charge on any atom is 0.244 e. The SMILES string of the molecule is CCc1nc2n(n1)CCCC2NC1CCCN(c2ccccc2)C1=O. The number of benzene rings is 1. The van der Waals surface area contributed by atoms with Crippen molar-refractivity contribution >= 4 is 11.6 Å². The maximum atomic E-state index is 13.0. The molecule has 2 aliphatic rings. The molecule has 1 N–H and O–H groups in total. The number of carbonyl (C=O) groups excluding carboxylic acids is 1. The molecule has 4 rings (SSSR count). The molecule has 3 heterocycles. The minimum Gasteiger partial charge on any atom is -0.311 e. The Morgan fingerprint density at radius 2 is 1.88 bits per heavy atom. The maximum absolute atomic E-state index is 13.0. The van der Waals surface area contributed by atoms with Gasteiger partial charge in [0.1, 0.15) is 5.82 Å². The molecule has 0 spiro atoms. The summed E-state index contributed by atoms with van der Waals surface area (Å²) in [5.74, 6) is 2.06. The van der Waals surface area contributed by atoms with Crippen LogP contribution in [0.3, 0.4) is 0 Å². The summed E-state index contributed by atoms with van der Waals surface area (Å²) in [5, 5.41) is 8.15. The van der Waals surface area contributed by atoms with Crippen molar-refractivity contribution in [1.29, 1.82) is 0 Å². The number of nitrogens with zero attached hydrogens (tertiary/aromatic N) is 4. The van der Waals surface area contributed by atoms with Crippen molar-refractivity contribution in [2.45, 2.75) is 57.7 Å². The van der Waals surface area contributed by atoms with Gasteiger partial charge in [0.2, 0.25) is 5.91 Å². The number of piperidine rings is 1. The van der Waals surface area contributed by atoms with Crippen molar-refractivity contribution in [3.63, 3.8) is 0 Å². The zero-order chi connectivity index (χ0) is 17.2. The van der Waals surface area contributed by atoms with Crippen LogP contribution in [0.2, 0.25) is 0 Å². The van der Waals surface area contributed by atoms with Crippen molar-refractivity contribution in [3.05, 3.63) is 42.0 Å². The average molecular weight is 339 g/mol. The van der Waals surface area contributed by atoms with E-state index in [1.54, 1.807) is 0 Å². The monoisotopic (exact) mass is 339 g/mol. The van der Waals surface area contributed by atoms with Crippen LogP contribution in [0.5, 0.6) is 0 Å². The van der Waals surface area contributed by atoms with E-state index in [0.717, 1.165) is 62.5 Å². The van der Waals surface area contributed by atoms with Gasteiger partial charge in [0.15, 0.2) is 5.82 Å². The first kappa shape index (κ1) is 16.3. The highest BCUT2D eigenvalue weighted by atomic mass is 16.2. The largest absolute Gasteiger partial charge is 0.311 e. The molecule has 1 amide bonds. The molecule has 1 aromatic carbocycles. The predicted molar refractivity (Wildman–Crippen MR) is 96.3 cm³/mol. The Hall–Kier alpha value is -2.21. The van der Waals surface area contributed by atoms with Crippen LogP contribution in [0, 0.1) is 0 Å². The third-order valence-electron chi connectivity index (χ3n) is 5.14. The summed E-state index contributed by atoms with van der Waals surface area (Å²) >= 11 is 0. The van der Waals surface area contributed by atoms with E-state index < -0.39 is 0 Å². The molecule has 2 aliphatic heterocycles. The zero-order valence-corrected chi connectivity index (χ0v) is 14.7. The highest BCUT2D eigenvalue weighted by Gasteiger charge is 2.33. The second-order valence-corrected chi connectivity index (χ2v) is 6.84. The molecule has 1 aromatic heterocycles. The predicted octanol–water partition coefficient (Wildman–Crippen LogP) is 2.46. The number of anilines is 1. The lowest BCUT2D eigenvalue weighted by Crippen LogP contribution is -2.52. The summed E-state index contributed by atoms with van der Waals surface area (Å²) in [7, 11) is 0. The van der Waals surface area contributed by atoms with Crippen molar-refractivity contribution < 1.29 is 4.79 Å². The number of amides is 1. The molecule has 25 heavy (non-hydrogen) atoms. The normalized spacial score (nSPS) is 23.6. The summed E-state index contributed by atoms with van der Waals surface area (Å²) < 4.78 is 2.02. The fourth-order valence-electron chi connectivity index (χ4n) is 3.84. The lowest BCUT2D eigenvalue weighted by Gasteiger charge is -2.35. The number of aromatic nitrogens is 3. The summed E-state index contributed by atoms with van der Waals surface area (Å²) in [6.45, 7) is 3.79. The van der Waals surface area contributed by atoms with Gasteiger partial charge in [-0.2, -0.15) is 5.10 Å². The van der Waals surface area contributed by atoms with E-state index in [1.165, 1.54) is 0 Å². The molecule has 0 radical (unpaired) electrons. The Morgan fingerprint density at radius 1 is 1.12 bits per heavy atom. The number of fused-ring (bicyclic) bond motifs is 1. The van der Waals surface area contributed by atoms with Gasteiger partial charge in [0, 0.05) is 25.2 Å². The Balaban J connectivity index is 1.51. The van der Waals surface area contributed by atoms with Gasteiger partial charge in [0.05, 0.1) is 12.1 Å². The summed E-state index contributed by atoms with van der Waals surface area (Å²) in [5.41, 5.74) is 0.985. The molecule has 6 nitrogen and oxygen atoms in total. The summed E-state index contributed by atoms with van der Waals surface area (Å²) in [4.78, 5) is 19.6. The van der Waals surface area contributed by atoms with Gasteiger partial charge in [-0.05, 0) is 37.8 Å². The standard InChI is InChI=1S/C19H25N5O/c1-2-17-21-18-15(10-7-13-24(18)22-17)20-16-11-6-12-23(19(16)25)14-8-4-3-5-9-14/h3-5,8-9,15-16,20H,2,6-7,10-13H2,1H3. The number of carbonyl (C=O) groups is 1. The average Bonchev–Trinajstić information content (AvgIpc) is 3.08.